The number of nitrogens with one attached hydrogen (secondary N) is 1. The number of hydrogen-bond donors (Lipinski definition) is 1. The van der Waals surface area contributed by atoms with E-state index in [9.17, 15) is 4.79 Å². The first-order valence-corrected chi connectivity index (χ1v) is 8.89. The number of nitrogens with zero attached hydrogens (tertiary/aromatic N) is 2. The zero-order valence-electron chi connectivity index (χ0n) is 15.7. The molecule has 0 unspecified atom stereocenters. The molecule has 4 heteroatoms. The molecule has 1 amide bonds. The Balaban J connectivity index is 1.73. The van der Waals surface area contributed by atoms with Crippen LogP contribution >= 0.6 is 0 Å². The van der Waals surface area contributed by atoms with E-state index in [1.54, 1.807) is 0 Å². The van der Waals surface area contributed by atoms with Gasteiger partial charge in [0.25, 0.3) is 5.91 Å². The van der Waals surface area contributed by atoms with E-state index in [1.807, 2.05) is 57.2 Å². The van der Waals surface area contributed by atoms with Crippen LogP contribution in [0.2, 0.25) is 0 Å². The number of hydrogen-bond acceptors (Lipinski definition) is 2. The molecule has 0 aliphatic rings. The molecule has 0 radical (unpaired) electrons. The first-order chi connectivity index (χ1) is 12.5. The van der Waals surface area contributed by atoms with Gasteiger partial charge in [0.2, 0.25) is 0 Å². The predicted octanol–water partition coefficient (Wildman–Crippen LogP) is 4.20. The van der Waals surface area contributed by atoms with Gasteiger partial charge in [-0.3, -0.25) is 4.79 Å². The molecule has 4 nitrogen and oxygen atoms in total. The molecule has 0 atom stereocenters. The average molecular weight is 347 g/mol. The van der Waals surface area contributed by atoms with Crippen LogP contribution in [0.1, 0.15) is 34.2 Å². The van der Waals surface area contributed by atoms with Gasteiger partial charge in [-0.1, -0.05) is 42.0 Å². The number of allylic oxidation sites excluding steroid dienone is 1. The van der Waals surface area contributed by atoms with Crippen molar-refractivity contribution in [2.75, 3.05) is 6.54 Å². The lowest BCUT2D eigenvalue weighted by Gasteiger charge is -2.11. The molecule has 0 aliphatic heterocycles. The maximum atomic E-state index is 12.4. The summed E-state index contributed by atoms with van der Waals surface area (Å²) >= 11 is 0. The van der Waals surface area contributed by atoms with Crippen molar-refractivity contribution in [2.24, 2.45) is 0 Å². The standard InChI is InChI=1S/C22H25N3O/c1-15(2)14-25-20-8-6-5-7-19(20)24-21(25)11-12-23-22(26)18-10-9-16(3)13-17(18)4/h5-10,13H,1,11-12,14H2,2-4H3,(H,23,26). The second kappa shape index (κ2) is 7.56. The quantitative estimate of drug-likeness (QED) is 0.679. The molecule has 0 bridgehead atoms. The van der Waals surface area contributed by atoms with Gasteiger partial charge in [0.05, 0.1) is 11.0 Å². The summed E-state index contributed by atoms with van der Waals surface area (Å²) in [5, 5.41) is 3.02. The lowest BCUT2D eigenvalue weighted by atomic mass is 10.1. The van der Waals surface area contributed by atoms with Crippen LogP contribution in [-0.4, -0.2) is 22.0 Å². The maximum absolute atomic E-state index is 12.4. The van der Waals surface area contributed by atoms with E-state index < -0.39 is 0 Å². The molecule has 0 saturated carbocycles. The lowest BCUT2D eigenvalue weighted by Crippen LogP contribution is -2.27. The van der Waals surface area contributed by atoms with Gasteiger partial charge in [0, 0.05) is 25.1 Å². The fraction of sp³-hybridized carbons (Fsp3) is 0.273. The van der Waals surface area contributed by atoms with Gasteiger partial charge in [-0.2, -0.15) is 0 Å². The molecule has 26 heavy (non-hydrogen) atoms. The molecule has 1 N–H and O–H groups in total. The predicted molar refractivity (Wildman–Crippen MR) is 107 cm³/mol. The monoisotopic (exact) mass is 347 g/mol. The summed E-state index contributed by atoms with van der Waals surface area (Å²) in [6.45, 7) is 11.3. The van der Waals surface area contributed by atoms with E-state index in [0.717, 1.165) is 45.7 Å². The summed E-state index contributed by atoms with van der Waals surface area (Å²) in [5.41, 5.74) is 6.04. The fourth-order valence-electron chi connectivity index (χ4n) is 3.21. The third-order valence-corrected chi connectivity index (χ3v) is 4.42. The van der Waals surface area contributed by atoms with Crippen molar-refractivity contribution in [1.29, 1.82) is 0 Å². The van der Waals surface area contributed by atoms with Gasteiger partial charge < -0.3 is 9.88 Å². The van der Waals surface area contributed by atoms with Crippen molar-refractivity contribution in [1.82, 2.24) is 14.9 Å². The molecule has 134 valence electrons. The van der Waals surface area contributed by atoms with Crippen LogP contribution < -0.4 is 5.32 Å². The Labute approximate surface area is 154 Å². The van der Waals surface area contributed by atoms with Crippen LogP contribution in [0.15, 0.2) is 54.6 Å². The normalized spacial score (nSPS) is 10.9. The SMILES string of the molecule is C=C(C)Cn1c(CCNC(=O)c2ccc(C)cc2C)nc2ccccc21. The van der Waals surface area contributed by atoms with E-state index in [4.69, 9.17) is 4.98 Å². The van der Waals surface area contributed by atoms with Gasteiger partial charge >= 0.3 is 0 Å². The first-order valence-electron chi connectivity index (χ1n) is 8.89. The fourth-order valence-corrected chi connectivity index (χ4v) is 3.21. The van der Waals surface area contributed by atoms with Crippen LogP contribution in [0.3, 0.4) is 0 Å². The van der Waals surface area contributed by atoms with E-state index >= 15 is 0 Å². The molecular weight excluding hydrogens is 322 g/mol. The zero-order chi connectivity index (χ0) is 18.7. The van der Waals surface area contributed by atoms with Crippen LogP contribution in [0.4, 0.5) is 0 Å². The highest BCUT2D eigenvalue weighted by atomic mass is 16.1. The molecule has 0 aliphatic carbocycles. The molecule has 3 rings (SSSR count). The largest absolute Gasteiger partial charge is 0.352 e. The third kappa shape index (κ3) is 3.85. The Bertz CT molecular complexity index is 969. The Hall–Kier alpha value is -2.88. The minimum Gasteiger partial charge on any atom is -0.352 e. The van der Waals surface area contributed by atoms with Crippen molar-refractivity contribution in [2.45, 2.75) is 33.7 Å². The van der Waals surface area contributed by atoms with E-state index in [1.165, 1.54) is 0 Å². The number of fused-ring (bicyclic) bond motifs is 1. The van der Waals surface area contributed by atoms with Crippen LogP contribution in [-0.2, 0) is 13.0 Å². The number of carbonyl (C=O) groups excluding carboxylic acids is 1. The van der Waals surface area contributed by atoms with Gasteiger partial charge in [-0.05, 0) is 44.5 Å². The Kier molecular flexibility index (Phi) is 5.21. The number of rotatable bonds is 6. The number of carbonyl (C=O) groups is 1. The van der Waals surface area contributed by atoms with E-state index in [0.29, 0.717) is 13.0 Å². The average Bonchev–Trinajstić information content (AvgIpc) is 2.92. The minimum atomic E-state index is -0.0370. The highest BCUT2D eigenvalue weighted by Crippen LogP contribution is 2.18. The van der Waals surface area contributed by atoms with Crippen molar-refractivity contribution >= 4 is 16.9 Å². The summed E-state index contributed by atoms with van der Waals surface area (Å²) in [7, 11) is 0. The van der Waals surface area contributed by atoms with Crippen molar-refractivity contribution in [3.8, 4) is 0 Å². The Morgan fingerprint density at radius 3 is 2.69 bits per heavy atom. The highest BCUT2D eigenvalue weighted by Gasteiger charge is 2.12. The van der Waals surface area contributed by atoms with E-state index in [-0.39, 0.29) is 5.91 Å². The van der Waals surface area contributed by atoms with Gasteiger partial charge in [-0.25, -0.2) is 4.98 Å². The maximum Gasteiger partial charge on any atom is 0.251 e. The second-order valence-corrected chi connectivity index (χ2v) is 6.88. The Morgan fingerprint density at radius 1 is 1.19 bits per heavy atom. The molecule has 2 aromatic carbocycles. The van der Waals surface area contributed by atoms with E-state index in [2.05, 4.69) is 22.5 Å². The number of imidazole rings is 1. The minimum absolute atomic E-state index is 0.0370. The van der Waals surface area contributed by atoms with Crippen LogP contribution in [0.5, 0.6) is 0 Å². The molecule has 1 heterocycles. The number of benzene rings is 2. The molecule has 0 saturated heterocycles. The van der Waals surface area contributed by atoms with Crippen LogP contribution in [0.25, 0.3) is 11.0 Å². The topological polar surface area (TPSA) is 46.9 Å². The second-order valence-electron chi connectivity index (χ2n) is 6.88. The van der Waals surface area contributed by atoms with Gasteiger partial charge in [0.15, 0.2) is 0 Å². The third-order valence-electron chi connectivity index (χ3n) is 4.42. The highest BCUT2D eigenvalue weighted by molar-refractivity contribution is 5.95. The van der Waals surface area contributed by atoms with Crippen molar-refractivity contribution in [3.05, 3.63) is 77.1 Å². The van der Waals surface area contributed by atoms with Gasteiger partial charge in [0.1, 0.15) is 5.82 Å². The number of aryl methyl sites for hydroxylation is 2. The summed E-state index contributed by atoms with van der Waals surface area (Å²) in [4.78, 5) is 17.2. The smallest absolute Gasteiger partial charge is 0.251 e. The van der Waals surface area contributed by atoms with Crippen LogP contribution in [0, 0.1) is 13.8 Å². The summed E-state index contributed by atoms with van der Waals surface area (Å²) in [5.74, 6) is 0.931. The Morgan fingerprint density at radius 2 is 1.96 bits per heavy atom. The molecule has 0 spiro atoms. The number of aromatic nitrogens is 2. The summed E-state index contributed by atoms with van der Waals surface area (Å²) in [6.07, 6.45) is 0.679. The van der Waals surface area contributed by atoms with Crippen molar-refractivity contribution < 1.29 is 4.79 Å². The number of para-hydroxylation sites is 2. The zero-order valence-corrected chi connectivity index (χ0v) is 15.7. The molecule has 0 fully saturated rings. The summed E-state index contributed by atoms with van der Waals surface area (Å²) < 4.78 is 2.18. The molecular formula is C22H25N3O. The summed E-state index contributed by atoms with van der Waals surface area (Å²) in [6, 6.07) is 14.0. The van der Waals surface area contributed by atoms with Crippen molar-refractivity contribution in [3.63, 3.8) is 0 Å². The lowest BCUT2D eigenvalue weighted by molar-refractivity contribution is 0.0953. The molecule has 3 aromatic rings. The molecule has 1 aromatic heterocycles. The van der Waals surface area contributed by atoms with Gasteiger partial charge in [-0.15, -0.1) is 0 Å². The first kappa shape index (κ1) is 17.9. The number of amides is 1.